The number of nitrogens with one attached hydrogen (secondary N) is 2. The summed E-state index contributed by atoms with van der Waals surface area (Å²) in [5, 5.41) is 7.30. The number of carbonyl (C=O) groups excluding carboxylic acids is 1. The summed E-state index contributed by atoms with van der Waals surface area (Å²) in [6.45, 7) is 0.703. The predicted molar refractivity (Wildman–Crippen MR) is 84.6 cm³/mol. The molecule has 0 unspecified atom stereocenters. The van der Waals surface area contributed by atoms with Gasteiger partial charge in [-0.05, 0) is 31.0 Å². The minimum Gasteiger partial charge on any atom is -0.325 e. The number of hydrogen-bond donors (Lipinski definition) is 2. The Labute approximate surface area is 130 Å². The topological polar surface area (TPSA) is 41.1 Å². The van der Waals surface area contributed by atoms with Crippen LogP contribution in [-0.2, 0) is 4.79 Å². The fraction of sp³-hybridized carbons (Fsp3) is 0.533. The molecule has 110 valence electrons. The molecule has 20 heavy (non-hydrogen) atoms. The van der Waals surface area contributed by atoms with Crippen LogP contribution in [0.4, 0.5) is 5.69 Å². The van der Waals surface area contributed by atoms with E-state index in [1.807, 2.05) is 0 Å². The third-order valence-electron chi connectivity index (χ3n) is 3.59. The second-order valence-electron chi connectivity index (χ2n) is 5.21. The van der Waals surface area contributed by atoms with E-state index in [-0.39, 0.29) is 5.91 Å². The van der Waals surface area contributed by atoms with Crippen molar-refractivity contribution >= 4 is 34.8 Å². The maximum absolute atomic E-state index is 11.9. The van der Waals surface area contributed by atoms with Gasteiger partial charge in [-0.15, -0.1) is 0 Å². The standard InChI is InChI=1S/C15H20Cl2N2O/c16-11-6-7-13(17)14(10-11)19-15(20)8-9-18-12-4-2-1-3-5-12/h6-7,10,12,18H,1-5,8-9H2,(H,19,20). The first-order valence-corrected chi connectivity index (χ1v) is 7.89. The van der Waals surface area contributed by atoms with Crippen LogP contribution in [-0.4, -0.2) is 18.5 Å². The van der Waals surface area contributed by atoms with Crippen molar-refractivity contribution in [1.82, 2.24) is 5.32 Å². The lowest BCUT2D eigenvalue weighted by Crippen LogP contribution is -2.33. The number of anilines is 1. The van der Waals surface area contributed by atoms with Crippen LogP contribution in [0.1, 0.15) is 38.5 Å². The minimum atomic E-state index is -0.0440. The Balaban J connectivity index is 1.73. The van der Waals surface area contributed by atoms with Gasteiger partial charge in [-0.3, -0.25) is 4.79 Å². The zero-order valence-corrected chi connectivity index (χ0v) is 12.9. The van der Waals surface area contributed by atoms with Crippen LogP contribution in [0.5, 0.6) is 0 Å². The molecular formula is C15H20Cl2N2O. The van der Waals surface area contributed by atoms with Crippen LogP contribution >= 0.6 is 23.2 Å². The average molecular weight is 315 g/mol. The Bertz CT molecular complexity index is 459. The van der Waals surface area contributed by atoms with E-state index in [0.717, 1.165) is 0 Å². The third-order valence-corrected chi connectivity index (χ3v) is 4.16. The largest absolute Gasteiger partial charge is 0.325 e. The zero-order chi connectivity index (χ0) is 14.4. The highest BCUT2D eigenvalue weighted by Crippen LogP contribution is 2.25. The second-order valence-corrected chi connectivity index (χ2v) is 6.06. The maximum Gasteiger partial charge on any atom is 0.225 e. The van der Waals surface area contributed by atoms with E-state index in [9.17, 15) is 4.79 Å². The number of benzene rings is 1. The molecule has 1 aliphatic carbocycles. The van der Waals surface area contributed by atoms with Crippen molar-refractivity contribution in [2.24, 2.45) is 0 Å². The van der Waals surface area contributed by atoms with E-state index in [4.69, 9.17) is 23.2 Å². The normalized spacial score (nSPS) is 16.1. The number of carbonyl (C=O) groups is 1. The first-order chi connectivity index (χ1) is 9.65. The summed E-state index contributed by atoms with van der Waals surface area (Å²) in [4.78, 5) is 11.9. The molecule has 0 radical (unpaired) electrons. The van der Waals surface area contributed by atoms with Crippen molar-refractivity contribution in [1.29, 1.82) is 0 Å². The number of halogens is 2. The first kappa shape index (κ1) is 15.6. The summed E-state index contributed by atoms with van der Waals surface area (Å²) in [5.74, 6) is -0.0440. The van der Waals surface area contributed by atoms with Crippen molar-refractivity contribution < 1.29 is 4.79 Å². The van der Waals surface area contributed by atoms with E-state index >= 15 is 0 Å². The van der Waals surface area contributed by atoms with Crippen molar-refractivity contribution in [2.45, 2.75) is 44.6 Å². The molecule has 3 nitrogen and oxygen atoms in total. The molecule has 1 amide bonds. The first-order valence-electron chi connectivity index (χ1n) is 7.13. The van der Waals surface area contributed by atoms with Gasteiger partial charge in [-0.2, -0.15) is 0 Å². The molecule has 1 aliphatic rings. The molecular weight excluding hydrogens is 295 g/mol. The van der Waals surface area contributed by atoms with E-state index in [1.54, 1.807) is 18.2 Å². The lowest BCUT2D eigenvalue weighted by molar-refractivity contribution is -0.116. The van der Waals surface area contributed by atoms with Crippen molar-refractivity contribution in [3.05, 3.63) is 28.2 Å². The molecule has 0 aromatic heterocycles. The highest BCUT2D eigenvalue weighted by molar-refractivity contribution is 6.35. The van der Waals surface area contributed by atoms with Crippen molar-refractivity contribution in [2.75, 3.05) is 11.9 Å². The summed E-state index contributed by atoms with van der Waals surface area (Å²) in [7, 11) is 0. The van der Waals surface area contributed by atoms with Gasteiger partial charge in [0.1, 0.15) is 0 Å². The van der Waals surface area contributed by atoms with Crippen LogP contribution in [0.25, 0.3) is 0 Å². The fourth-order valence-corrected chi connectivity index (χ4v) is 2.84. The number of hydrogen-bond acceptors (Lipinski definition) is 2. The van der Waals surface area contributed by atoms with Gasteiger partial charge in [0.05, 0.1) is 10.7 Å². The van der Waals surface area contributed by atoms with E-state index < -0.39 is 0 Å². The molecule has 2 N–H and O–H groups in total. The zero-order valence-electron chi connectivity index (χ0n) is 11.4. The summed E-state index contributed by atoms with van der Waals surface area (Å²) in [6.07, 6.45) is 6.82. The molecule has 1 aromatic carbocycles. The van der Waals surface area contributed by atoms with Crippen LogP contribution < -0.4 is 10.6 Å². The van der Waals surface area contributed by atoms with Gasteiger partial charge in [0.2, 0.25) is 5.91 Å². The average Bonchev–Trinajstić information content (AvgIpc) is 2.44. The van der Waals surface area contributed by atoms with Crippen LogP contribution in [0.15, 0.2) is 18.2 Å². The molecule has 0 saturated heterocycles. The van der Waals surface area contributed by atoms with E-state index in [2.05, 4.69) is 10.6 Å². The Kier molecular flexibility index (Phi) is 6.14. The molecule has 0 bridgehead atoms. The summed E-state index contributed by atoms with van der Waals surface area (Å²) >= 11 is 11.9. The molecule has 1 fully saturated rings. The molecule has 0 aliphatic heterocycles. The SMILES string of the molecule is O=C(CCNC1CCCCC1)Nc1cc(Cl)ccc1Cl. The summed E-state index contributed by atoms with van der Waals surface area (Å²) < 4.78 is 0. The molecule has 0 spiro atoms. The van der Waals surface area contributed by atoms with Crippen molar-refractivity contribution in [3.8, 4) is 0 Å². The quantitative estimate of drug-likeness (QED) is 0.853. The highest BCUT2D eigenvalue weighted by Gasteiger charge is 2.13. The van der Waals surface area contributed by atoms with Gasteiger partial charge in [0.15, 0.2) is 0 Å². The Morgan fingerprint density at radius 1 is 1.20 bits per heavy atom. The molecule has 0 atom stereocenters. The molecule has 1 aromatic rings. The molecule has 2 rings (SSSR count). The monoisotopic (exact) mass is 314 g/mol. The fourth-order valence-electron chi connectivity index (χ4n) is 2.50. The third kappa shape index (κ3) is 4.97. The predicted octanol–water partition coefficient (Wildman–Crippen LogP) is 4.24. The Hall–Kier alpha value is -0.770. The second kappa shape index (κ2) is 7.87. The summed E-state index contributed by atoms with van der Waals surface area (Å²) in [6, 6.07) is 5.62. The Morgan fingerprint density at radius 3 is 2.70 bits per heavy atom. The summed E-state index contributed by atoms with van der Waals surface area (Å²) in [5.41, 5.74) is 0.571. The molecule has 0 heterocycles. The lowest BCUT2D eigenvalue weighted by Gasteiger charge is -2.22. The molecule has 5 heteroatoms. The smallest absolute Gasteiger partial charge is 0.225 e. The number of amides is 1. The van der Waals surface area contributed by atoms with Crippen LogP contribution in [0.3, 0.4) is 0 Å². The van der Waals surface area contributed by atoms with E-state index in [1.165, 1.54) is 32.1 Å². The van der Waals surface area contributed by atoms with Gasteiger partial charge in [-0.1, -0.05) is 42.5 Å². The Morgan fingerprint density at radius 2 is 1.95 bits per heavy atom. The van der Waals surface area contributed by atoms with Crippen LogP contribution in [0.2, 0.25) is 10.0 Å². The van der Waals surface area contributed by atoms with Gasteiger partial charge >= 0.3 is 0 Å². The van der Waals surface area contributed by atoms with Crippen LogP contribution in [0, 0.1) is 0 Å². The maximum atomic E-state index is 11.9. The van der Waals surface area contributed by atoms with Gasteiger partial charge in [-0.25, -0.2) is 0 Å². The number of rotatable bonds is 5. The van der Waals surface area contributed by atoms with Gasteiger partial charge in [0.25, 0.3) is 0 Å². The minimum absolute atomic E-state index is 0.0440. The highest BCUT2D eigenvalue weighted by atomic mass is 35.5. The molecule has 1 saturated carbocycles. The van der Waals surface area contributed by atoms with Crippen molar-refractivity contribution in [3.63, 3.8) is 0 Å². The van der Waals surface area contributed by atoms with Gasteiger partial charge < -0.3 is 10.6 Å². The lowest BCUT2D eigenvalue weighted by atomic mass is 9.95. The van der Waals surface area contributed by atoms with E-state index in [0.29, 0.717) is 34.7 Å². The van der Waals surface area contributed by atoms with Gasteiger partial charge in [0, 0.05) is 24.0 Å².